The molecule has 2 heterocycles. The number of aryl methyl sites for hydroxylation is 1. The third kappa shape index (κ3) is 5.69. The van der Waals surface area contributed by atoms with E-state index in [1.165, 1.54) is 12.1 Å². The maximum atomic E-state index is 13.5. The summed E-state index contributed by atoms with van der Waals surface area (Å²) < 4.78 is 22.4. The molecule has 2 aromatic carbocycles. The first-order chi connectivity index (χ1) is 19.4. The first-order valence-electron chi connectivity index (χ1n) is 14.2. The van der Waals surface area contributed by atoms with Gasteiger partial charge in [-0.3, -0.25) is 9.78 Å². The molecule has 0 saturated heterocycles. The smallest absolute Gasteiger partial charge is 0.258 e. The van der Waals surface area contributed by atoms with Gasteiger partial charge in [0, 0.05) is 30.2 Å². The molecule has 0 fully saturated rings. The number of aromatic nitrogens is 2. The summed E-state index contributed by atoms with van der Waals surface area (Å²) >= 11 is 0. The fourth-order valence-corrected chi connectivity index (χ4v) is 11.6. The van der Waals surface area contributed by atoms with Crippen molar-refractivity contribution < 1.29 is 18.7 Å². The fraction of sp³-hybridized carbons (Fsp3) is 0.394. The van der Waals surface area contributed by atoms with Crippen LogP contribution in [0, 0.1) is 18.2 Å². The first-order valence-corrected chi connectivity index (χ1v) is 16.3. The molecular weight excluding hydrogens is 533 g/mol. The molecule has 0 bridgehead atoms. The van der Waals surface area contributed by atoms with Crippen LogP contribution in [0.4, 0.5) is 4.39 Å². The highest BCUT2D eigenvalue weighted by Gasteiger charge is 2.48. The average molecular weight is 574 g/mol. The number of terminal acetylenes is 1. The van der Waals surface area contributed by atoms with Crippen LogP contribution in [-0.2, 0) is 24.7 Å². The summed E-state index contributed by atoms with van der Waals surface area (Å²) in [6.45, 7) is 13.4. The average Bonchev–Trinajstić information content (AvgIpc) is 3.21. The quantitative estimate of drug-likeness (QED) is 0.158. The second kappa shape index (κ2) is 12.0. The van der Waals surface area contributed by atoms with Gasteiger partial charge < -0.3 is 19.4 Å². The van der Waals surface area contributed by atoms with Gasteiger partial charge in [-0.1, -0.05) is 59.6 Å². The zero-order valence-corrected chi connectivity index (χ0v) is 26.0. The number of halogens is 1. The van der Waals surface area contributed by atoms with Crippen molar-refractivity contribution in [1.82, 2.24) is 14.9 Å². The number of hydrogen-bond acceptors (Lipinski definition) is 4. The van der Waals surface area contributed by atoms with E-state index in [1.54, 1.807) is 29.9 Å². The third-order valence-electron chi connectivity index (χ3n) is 8.22. The number of rotatable bonds is 10. The fourth-order valence-electron chi connectivity index (χ4n) is 6.38. The molecule has 0 spiro atoms. The molecule has 1 amide bonds. The predicted molar refractivity (Wildman–Crippen MR) is 166 cm³/mol. The summed E-state index contributed by atoms with van der Waals surface area (Å²) in [4.78, 5) is 17.9. The molecule has 4 aromatic rings. The zero-order valence-electron chi connectivity index (χ0n) is 25.0. The Morgan fingerprint density at radius 1 is 1.10 bits per heavy atom. The second-order valence-corrected chi connectivity index (χ2v) is 17.2. The lowest BCUT2D eigenvalue weighted by Gasteiger charge is -2.42. The highest BCUT2D eigenvalue weighted by molar-refractivity contribution is 6.78. The van der Waals surface area contributed by atoms with Crippen LogP contribution >= 0.6 is 0 Å². The van der Waals surface area contributed by atoms with Crippen molar-refractivity contribution in [3.05, 3.63) is 65.2 Å². The van der Waals surface area contributed by atoms with Crippen molar-refractivity contribution in [2.24, 2.45) is 7.05 Å². The molecule has 8 heteroatoms. The molecule has 0 unspecified atom stereocenters. The number of nitrogens with zero attached hydrogens (tertiary/aromatic N) is 2. The van der Waals surface area contributed by atoms with Gasteiger partial charge in [0.2, 0.25) is 11.8 Å². The van der Waals surface area contributed by atoms with Crippen molar-refractivity contribution in [2.75, 3.05) is 6.54 Å². The summed E-state index contributed by atoms with van der Waals surface area (Å²) in [6.07, 6.45) is 9.63. The number of carbonyl (C=O) groups excluding carboxylic acids is 1. The molecule has 0 aliphatic carbocycles. The molecule has 2 N–H and O–H groups in total. The Hall–Kier alpha value is -3.83. The molecule has 41 heavy (non-hydrogen) atoms. The van der Waals surface area contributed by atoms with Gasteiger partial charge in [-0.2, -0.15) is 0 Å². The van der Waals surface area contributed by atoms with Gasteiger partial charge in [-0.05, 0) is 57.9 Å². The minimum Gasteiger partial charge on any atom is -0.541 e. The number of hydrogen-bond donors (Lipinski definition) is 2. The Morgan fingerprint density at radius 2 is 1.73 bits per heavy atom. The molecule has 2 aromatic heterocycles. The Balaban J connectivity index is 2.03. The van der Waals surface area contributed by atoms with Crippen LogP contribution in [0.3, 0.4) is 0 Å². The number of amides is 1. The summed E-state index contributed by atoms with van der Waals surface area (Å²) in [5, 5.41) is 16.2. The summed E-state index contributed by atoms with van der Waals surface area (Å²) in [7, 11) is -0.686. The van der Waals surface area contributed by atoms with Gasteiger partial charge in [0.05, 0.1) is 18.4 Å². The van der Waals surface area contributed by atoms with E-state index < -0.39 is 8.32 Å². The van der Waals surface area contributed by atoms with Crippen molar-refractivity contribution in [2.45, 2.75) is 71.0 Å². The van der Waals surface area contributed by atoms with Crippen LogP contribution in [-0.4, -0.2) is 35.4 Å². The Labute approximate surface area is 243 Å². The standard InChI is InChI=1S/C33H40FN3O3Si/c1-9-14-35-29(38)17-26-27-16-24(15-23-10-12-25(34)13-11-23)18-36-31(27)32(30-28(26)19-37(8)33(30)39)40-41(20(2)3,21(4)5)22(6)7/h1,10-13,16,18-22,39H,14-15,17H2,2-8H3,(H,35,38). The second-order valence-electron chi connectivity index (χ2n) is 11.8. The number of aromatic hydroxyl groups is 1. The predicted octanol–water partition coefficient (Wildman–Crippen LogP) is 7.01. The first kappa shape index (κ1) is 30.1. The molecule has 6 nitrogen and oxygen atoms in total. The maximum Gasteiger partial charge on any atom is 0.258 e. The van der Waals surface area contributed by atoms with Crippen molar-refractivity contribution in [1.29, 1.82) is 0 Å². The van der Waals surface area contributed by atoms with Crippen LogP contribution in [0.5, 0.6) is 11.6 Å². The zero-order chi connectivity index (χ0) is 30.1. The van der Waals surface area contributed by atoms with E-state index in [4.69, 9.17) is 15.8 Å². The largest absolute Gasteiger partial charge is 0.541 e. The number of nitrogens with one attached hydrogen (secondary N) is 1. The normalized spacial score (nSPS) is 12.0. The van der Waals surface area contributed by atoms with Crippen LogP contribution in [0.15, 0.2) is 42.7 Å². The van der Waals surface area contributed by atoms with E-state index in [1.807, 2.05) is 12.3 Å². The molecular formula is C33H40FN3O3Si. The van der Waals surface area contributed by atoms with Gasteiger partial charge >= 0.3 is 0 Å². The molecule has 0 atom stereocenters. The lowest BCUT2D eigenvalue weighted by atomic mass is 9.96. The number of fused-ring (bicyclic) bond motifs is 2. The minimum atomic E-state index is -2.46. The molecule has 216 valence electrons. The van der Waals surface area contributed by atoms with Gasteiger partial charge in [-0.15, -0.1) is 6.42 Å². The molecule has 0 aliphatic heterocycles. The van der Waals surface area contributed by atoms with Gasteiger partial charge in [0.1, 0.15) is 17.1 Å². The van der Waals surface area contributed by atoms with E-state index in [9.17, 15) is 14.3 Å². The van der Waals surface area contributed by atoms with E-state index in [0.717, 1.165) is 27.5 Å². The van der Waals surface area contributed by atoms with E-state index >= 15 is 0 Å². The minimum absolute atomic E-state index is 0.0568. The van der Waals surface area contributed by atoms with Crippen molar-refractivity contribution in [3.63, 3.8) is 0 Å². The molecule has 0 saturated carbocycles. The van der Waals surface area contributed by atoms with Crippen LogP contribution in [0.25, 0.3) is 21.7 Å². The highest BCUT2D eigenvalue weighted by atomic mass is 28.4. The van der Waals surface area contributed by atoms with Crippen LogP contribution in [0.2, 0.25) is 16.6 Å². The number of pyridine rings is 1. The molecule has 0 aliphatic rings. The van der Waals surface area contributed by atoms with Crippen molar-refractivity contribution in [3.8, 4) is 24.0 Å². The lowest BCUT2D eigenvalue weighted by Crippen LogP contribution is -2.50. The van der Waals surface area contributed by atoms with E-state index in [-0.39, 0.29) is 30.6 Å². The van der Waals surface area contributed by atoms with E-state index in [0.29, 0.717) is 39.7 Å². The molecule has 4 rings (SSSR count). The third-order valence-corrected chi connectivity index (χ3v) is 14.2. The van der Waals surface area contributed by atoms with Gasteiger partial charge in [0.25, 0.3) is 8.32 Å². The van der Waals surface area contributed by atoms with E-state index in [2.05, 4.69) is 52.8 Å². The maximum absolute atomic E-state index is 13.5. The topological polar surface area (TPSA) is 76.4 Å². The Morgan fingerprint density at radius 3 is 2.32 bits per heavy atom. The highest BCUT2D eigenvalue weighted by Crippen LogP contribution is 2.49. The number of benzene rings is 2. The van der Waals surface area contributed by atoms with Gasteiger partial charge in [-0.25, -0.2) is 4.39 Å². The Kier molecular flexibility index (Phi) is 8.79. The molecule has 0 radical (unpaired) electrons. The number of carbonyl (C=O) groups is 1. The lowest BCUT2D eigenvalue weighted by molar-refractivity contribution is -0.120. The monoisotopic (exact) mass is 573 g/mol. The van der Waals surface area contributed by atoms with Crippen LogP contribution < -0.4 is 9.74 Å². The Bertz CT molecular complexity index is 1600. The SMILES string of the molecule is C#CCNC(=O)Cc1c2cc(Cc3ccc(F)cc3)cnc2c(O[Si](C(C)C)(C(C)C)C(C)C)c2c(O)n(C)cc12. The van der Waals surface area contributed by atoms with Crippen molar-refractivity contribution >= 4 is 35.9 Å². The summed E-state index contributed by atoms with van der Waals surface area (Å²) in [5.41, 5.74) is 4.11. The summed E-state index contributed by atoms with van der Waals surface area (Å²) in [6, 6.07) is 8.45. The van der Waals surface area contributed by atoms with Gasteiger partial charge in [0.15, 0.2) is 0 Å². The van der Waals surface area contributed by atoms with Crippen LogP contribution in [0.1, 0.15) is 58.2 Å². The summed E-state index contributed by atoms with van der Waals surface area (Å²) in [5.74, 6) is 2.58.